The van der Waals surface area contributed by atoms with Gasteiger partial charge in [0.1, 0.15) is 0 Å². The molecule has 28 heavy (non-hydrogen) atoms. The number of fused-ring (bicyclic) bond motifs is 5. The van der Waals surface area contributed by atoms with Gasteiger partial charge in [-0.05, 0) is 97.3 Å². The van der Waals surface area contributed by atoms with E-state index in [1.165, 1.54) is 44.9 Å². The monoisotopic (exact) mass is 396 g/mol. The van der Waals surface area contributed by atoms with Gasteiger partial charge in [0.05, 0.1) is 0 Å². The molecule has 0 bridgehead atoms. The van der Waals surface area contributed by atoms with E-state index in [1.54, 1.807) is 0 Å². The van der Waals surface area contributed by atoms with Crippen LogP contribution in [0.5, 0.6) is 0 Å². The Balaban J connectivity index is 1.48. The van der Waals surface area contributed by atoms with Crippen molar-refractivity contribution in [2.75, 3.05) is 0 Å². The third-order valence-corrected chi connectivity index (χ3v) is 9.80. The van der Waals surface area contributed by atoms with Crippen LogP contribution in [0.25, 0.3) is 6.08 Å². The zero-order chi connectivity index (χ0) is 19.5. The molecule has 1 nitrogen and oxygen atoms in total. The Morgan fingerprint density at radius 1 is 1.00 bits per heavy atom. The smallest absolute Gasteiger partial charge is 0.165 e. The summed E-state index contributed by atoms with van der Waals surface area (Å²) in [6.45, 7) is 4.88. The first-order valence-electron chi connectivity index (χ1n) is 11.4. The van der Waals surface area contributed by atoms with Gasteiger partial charge in [-0.15, -0.1) is 0 Å². The van der Waals surface area contributed by atoms with Crippen LogP contribution in [0, 0.1) is 34.5 Å². The van der Waals surface area contributed by atoms with Gasteiger partial charge >= 0.3 is 0 Å². The minimum Gasteiger partial charge on any atom is -0.294 e. The normalized spacial score (nSPS) is 44.1. The molecule has 0 amide bonds. The lowest BCUT2D eigenvalue weighted by Gasteiger charge is -2.59. The van der Waals surface area contributed by atoms with Crippen LogP contribution < -0.4 is 0 Å². The number of halogens is 1. The summed E-state index contributed by atoms with van der Waals surface area (Å²) in [6.07, 6.45) is 13.8. The molecule has 0 aromatic heterocycles. The summed E-state index contributed by atoms with van der Waals surface area (Å²) in [5, 5.41) is 0.746. The molecule has 0 N–H and O–H groups in total. The van der Waals surface area contributed by atoms with Gasteiger partial charge in [0, 0.05) is 10.4 Å². The quantitative estimate of drug-likeness (QED) is 0.454. The maximum absolute atomic E-state index is 13.5. The Hall–Kier alpha value is -1.08. The van der Waals surface area contributed by atoms with Crippen LogP contribution in [0.3, 0.4) is 0 Å². The summed E-state index contributed by atoms with van der Waals surface area (Å²) in [7, 11) is 0. The summed E-state index contributed by atoms with van der Waals surface area (Å²) in [6, 6.07) is 7.91. The molecule has 0 saturated heterocycles. The van der Waals surface area contributed by atoms with E-state index in [0.29, 0.717) is 17.1 Å². The Bertz CT molecular complexity index is 825. The molecule has 0 radical (unpaired) electrons. The van der Waals surface area contributed by atoms with Gasteiger partial charge in [-0.3, -0.25) is 4.79 Å². The van der Waals surface area contributed by atoms with E-state index in [9.17, 15) is 4.79 Å². The number of carbonyl (C=O) groups excluding carboxylic acids is 1. The highest BCUT2D eigenvalue weighted by Gasteiger charge is 2.60. The van der Waals surface area contributed by atoms with Crippen molar-refractivity contribution in [1.82, 2.24) is 0 Å². The fourth-order valence-corrected chi connectivity index (χ4v) is 8.06. The van der Waals surface area contributed by atoms with Crippen LogP contribution in [-0.4, -0.2) is 5.78 Å². The minimum atomic E-state index is -0.147. The van der Waals surface area contributed by atoms with Gasteiger partial charge < -0.3 is 0 Å². The molecule has 5 rings (SSSR count). The van der Waals surface area contributed by atoms with Crippen molar-refractivity contribution in [2.24, 2.45) is 34.5 Å². The molecular weight excluding hydrogens is 364 g/mol. The van der Waals surface area contributed by atoms with Crippen LogP contribution in [0.2, 0.25) is 5.02 Å². The molecule has 0 aliphatic heterocycles. The van der Waals surface area contributed by atoms with Crippen molar-refractivity contribution < 1.29 is 4.79 Å². The van der Waals surface area contributed by atoms with E-state index in [4.69, 9.17) is 11.6 Å². The highest BCUT2D eigenvalue weighted by atomic mass is 35.5. The van der Waals surface area contributed by atoms with Crippen LogP contribution in [0.1, 0.15) is 77.2 Å². The number of hydrogen-bond acceptors (Lipinski definition) is 1. The van der Waals surface area contributed by atoms with Gasteiger partial charge in [-0.1, -0.05) is 56.5 Å². The first-order valence-corrected chi connectivity index (χ1v) is 11.8. The molecule has 6 atom stereocenters. The average Bonchev–Trinajstić information content (AvgIpc) is 2.94. The third-order valence-electron chi connectivity index (χ3n) is 9.46. The van der Waals surface area contributed by atoms with Crippen molar-refractivity contribution >= 4 is 23.5 Å². The number of ketones is 1. The number of carbonyl (C=O) groups is 1. The fraction of sp³-hybridized carbons (Fsp3) is 0.654. The Labute approximate surface area is 174 Å². The van der Waals surface area contributed by atoms with Crippen molar-refractivity contribution in [3.05, 3.63) is 40.4 Å². The summed E-state index contributed by atoms with van der Waals surface area (Å²) < 4.78 is 0. The van der Waals surface area contributed by atoms with E-state index < -0.39 is 0 Å². The highest BCUT2D eigenvalue weighted by Crippen LogP contribution is 2.66. The SMILES string of the molecule is C[C@]12CCCC[C@H]1CC[C@H]1[C@H]2CC[C@]2(C)C(=O)/C(=C/c3ccccc3Cl)C[C@H]12. The summed E-state index contributed by atoms with van der Waals surface area (Å²) in [5.74, 6) is 3.44. The van der Waals surface area contributed by atoms with Crippen LogP contribution in [0.15, 0.2) is 29.8 Å². The Morgan fingerprint density at radius 3 is 2.64 bits per heavy atom. The average molecular weight is 397 g/mol. The van der Waals surface area contributed by atoms with Crippen molar-refractivity contribution in [1.29, 1.82) is 0 Å². The van der Waals surface area contributed by atoms with Crippen LogP contribution in [-0.2, 0) is 4.79 Å². The number of Topliss-reactive ketones (excluding diaryl/α,β-unsaturated/α-hetero) is 1. The van der Waals surface area contributed by atoms with E-state index >= 15 is 0 Å². The van der Waals surface area contributed by atoms with Crippen molar-refractivity contribution in [2.45, 2.75) is 71.6 Å². The van der Waals surface area contributed by atoms with Crippen molar-refractivity contribution in [3.8, 4) is 0 Å². The molecule has 0 spiro atoms. The first-order chi connectivity index (χ1) is 13.4. The molecule has 4 aliphatic rings. The van der Waals surface area contributed by atoms with E-state index in [1.807, 2.05) is 24.3 Å². The number of rotatable bonds is 1. The number of allylic oxidation sites excluding steroid dienone is 1. The molecular formula is C26H33ClO. The van der Waals surface area contributed by atoms with E-state index in [-0.39, 0.29) is 5.41 Å². The van der Waals surface area contributed by atoms with Gasteiger partial charge in [-0.2, -0.15) is 0 Å². The fourth-order valence-electron chi connectivity index (χ4n) is 7.87. The molecule has 1 aromatic carbocycles. The lowest BCUT2D eigenvalue weighted by atomic mass is 9.45. The maximum atomic E-state index is 13.5. The topological polar surface area (TPSA) is 17.1 Å². The Morgan fingerprint density at radius 2 is 1.82 bits per heavy atom. The van der Waals surface area contributed by atoms with Crippen LogP contribution >= 0.6 is 11.6 Å². The minimum absolute atomic E-state index is 0.147. The maximum Gasteiger partial charge on any atom is 0.165 e. The van der Waals surface area contributed by atoms with E-state index in [2.05, 4.69) is 19.9 Å². The van der Waals surface area contributed by atoms with Crippen LogP contribution in [0.4, 0.5) is 0 Å². The van der Waals surface area contributed by atoms with Gasteiger partial charge in [0.2, 0.25) is 0 Å². The molecule has 0 unspecified atom stereocenters. The van der Waals surface area contributed by atoms with Gasteiger partial charge in [0.25, 0.3) is 0 Å². The first kappa shape index (κ1) is 18.9. The molecule has 4 aliphatic carbocycles. The largest absolute Gasteiger partial charge is 0.294 e. The van der Waals surface area contributed by atoms with Crippen molar-refractivity contribution in [3.63, 3.8) is 0 Å². The van der Waals surface area contributed by atoms with Gasteiger partial charge in [-0.25, -0.2) is 0 Å². The zero-order valence-electron chi connectivity index (χ0n) is 17.3. The summed E-state index contributed by atoms with van der Waals surface area (Å²) >= 11 is 6.39. The zero-order valence-corrected chi connectivity index (χ0v) is 18.1. The lowest BCUT2D eigenvalue weighted by Crippen LogP contribution is -2.52. The van der Waals surface area contributed by atoms with Gasteiger partial charge in [0.15, 0.2) is 5.78 Å². The summed E-state index contributed by atoms with van der Waals surface area (Å²) in [4.78, 5) is 13.5. The molecule has 0 heterocycles. The predicted molar refractivity (Wildman–Crippen MR) is 116 cm³/mol. The highest BCUT2D eigenvalue weighted by molar-refractivity contribution is 6.32. The molecule has 1 aromatic rings. The van der Waals surface area contributed by atoms with E-state index in [0.717, 1.165) is 46.8 Å². The number of hydrogen-bond donors (Lipinski definition) is 0. The second-order valence-electron chi connectivity index (χ2n) is 10.6. The molecule has 2 heteroatoms. The molecule has 150 valence electrons. The molecule has 4 saturated carbocycles. The second kappa shape index (κ2) is 6.73. The lowest BCUT2D eigenvalue weighted by molar-refractivity contribution is -0.137. The predicted octanol–water partition coefficient (Wildman–Crippen LogP) is 7.34. The number of benzene rings is 1. The molecule has 4 fully saturated rings. The second-order valence-corrected chi connectivity index (χ2v) is 11.0. The summed E-state index contributed by atoms with van der Waals surface area (Å²) in [5.41, 5.74) is 2.40. The standard InChI is InChI=1S/C26H33ClO/c1-25-13-6-5-8-19(25)10-11-20-21(25)12-14-26(2)22(20)16-18(24(26)28)15-17-7-3-4-9-23(17)27/h3-4,7,9,15,19-22H,5-6,8,10-14,16H2,1-2H3/b18-15+/t19-,20-,21+,22+,25-,26-/m0/s1. The Kier molecular flexibility index (Phi) is 4.54. The third kappa shape index (κ3) is 2.68.